The molecule has 2 aliphatic rings. The summed E-state index contributed by atoms with van der Waals surface area (Å²) in [4.78, 5) is 35.8. The zero-order valence-electron chi connectivity index (χ0n) is 28.6. The molecule has 2 aromatic rings. The monoisotopic (exact) mass is 720 g/mol. The third-order valence-electron chi connectivity index (χ3n) is 8.72. The molecule has 2 heterocycles. The minimum Gasteiger partial charge on any atom is -0.497 e. The minimum atomic E-state index is -4.17. The van der Waals surface area contributed by atoms with E-state index in [-0.39, 0.29) is 43.5 Å². The number of carboxylic acids is 1. The standard InChI is InChI=1S/C34H48N4O11S/c1-34(2,15-7-16-35-32(42)36-19-30(40)41)22-38(50(44,45)25-12-10-24(46-3)11-13-25)20-28(39)27(18-23-8-5-4-6-9-23)37-33(43)49-29-21-48-31-26(29)14-17-47-31/h4-6,8-13,26-29,31,39H,7,14-22H2,1-3H3,(H,37,43)(H,40,41)(H2,35,36,42)/t26-,27-,28+,29-,31+/m0/s1. The lowest BCUT2D eigenvalue weighted by Crippen LogP contribution is -2.52. The van der Waals surface area contributed by atoms with Gasteiger partial charge in [-0.15, -0.1) is 0 Å². The molecule has 5 N–H and O–H groups in total. The number of urea groups is 1. The summed E-state index contributed by atoms with van der Waals surface area (Å²) in [6.07, 6.45) is -1.20. The van der Waals surface area contributed by atoms with Gasteiger partial charge in [0.2, 0.25) is 10.0 Å². The number of nitrogens with one attached hydrogen (secondary N) is 3. The molecular formula is C34H48N4O11S. The predicted octanol–water partition coefficient (Wildman–Crippen LogP) is 2.34. The van der Waals surface area contributed by atoms with Crippen molar-refractivity contribution in [3.05, 3.63) is 60.2 Å². The van der Waals surface area contributed by atoms with Gasteiger partial charge in [0.1, 0.15) is 18.4 Å². The Kier molecular flexibility index (Phi) is 13.8. The van der Waals surface area contributed by atoms with Gasteiger partial charge in [0.15, 0.2) is 6.29 Å². The quantitative estimate of drug-likeness (QED) is 0.142. The van der Waals surface area contributed by atoms with Crippen LogP contribution in [-0.4, -0.2) is 112 Å². The second kappa shape index (κ2) is 17.8. The zero-order valence-corrected chi connectivity index (χ0v) is 29.4. The molecule has 2 aromatic carbocycles. The van der Waals surface area contributed by atoms with Gasteiger partial charge in [-0.1, -0.05) is 44.2 Å². The van der Waals surface area contributed by atoms with Gasteiger partial charge in [0.05, 0.1) is 43.3 Å². The van der Waals surface area contributed by atoms with E-state index in [4.69, 9.17) is 24.1 Å². The van der Waals surface area contributed by atoms with Crippen molar-refractivity contribution in [2.45, 2.75) is 69.0 Å². The number of carbonyl (C=O) groups excluding carboxylic acids is 2. The molecule has 15 nitrogen and oxygen atoms in total. The normalized spacial score (nSPS) is 20.1. The molecule has 2 fully saturated rings. The summed E-state index contributed by atoms with van der Waals surface area (Å²) in [7, 11) is -2.69. The molecule has 2 aliphatic heterocycles. The summed E-state index contributed by atoms with van der Waals surface area (Å²) < 4.78 is 51.6. The van der Waals surface area contributed by atoms with Gasteiger partial charge >= 0.3 is 18.1 Å². The Morgan fingerprint density at radius 1 is 1.06 bits per heavy atom. The maximum atomic E-state index is 14.2. The molecule has 5 atom stereocenters. The van der Waals surface area contributed by atoms with Gasteiger partial charge in [-0.3, -0.25) is 4.79 Å². The summed E-state index contributed by atoms with van der Waals surface area (Å²) in [5.74, 6) is -0.773. The highest BCUT2D eigenvalue weighted by molar-refractivity contribution is 7.89. The van der Waals surface area contributed by atoms with Crippen molar-refractivity contribution in [1.29, 1.82) is 0 Å². The topological polar surface area (TPSA) is 202 Å². The second-order valence-corrected chi connectivity index (χ2v) is 15.2. The highest BCUT2D eigenvalue weighted by Gasteiger charge is 2.44. The maximum Gasteiger partial charge on any atom is 0.407 e. The molecule has 0 bridgehead atoms. The number of aliphatic hydroxyl groups is 1. The average Bonchev–Trinajstić information content (AvgIpc) is 3.71. The van der Waals surface area contributed by atoms with E-state index in [2.05, 4.69) is 16.0 Å². The van der Waals surface area contributed by atoms with E-state index in [1.165, 1.54) is 35.7 Å². The number of carbonyl (C=O) groups is 3. The second-order valence-electron chi connectivity index (χ2n) is 13.2. The predicted molar refractivity (Wildman–Crippen MR) is 181 cm³/mol. The van der Waals surface area contributed by atoms with Crippen molar-refractivity contribution in [2.24, 2.45) is 11.3 Å². The number of rotatable bonds is 18. The third-order valence-corrected chi connectivity index (χ3v) is 10.5. The molecule has 2 saturated heterocycles. The number of hydrogen-bond donors (Lipinski definition) is 5. The summed E-state index contributed by atoms with van der Waals surface area (Å²) in [6.45, 7) is 3.82. The van der Waals surface area contributed by atoms with Crippen LogP contribution in [0.3, 0.4) is 0 Å². The largest absolute Gasteiger partial charge is 0.497 e. The number of fused-ring (bicyclic) bond motifs is 1. The van der Waals surface area contributed by atoms with E-state index < -0.39 is 64.6 Å². The van der Waals surface area contributed by atoms with Crippen molar-refractivity contribution in [1.82, 2.24) is 20.3 Å². The van der Waals surface area contributed by atoms with Gasteiger partial charge in [-0.2, -0.15) is 4.31 Å². The Bertz CT molecular complexity index is 1530. The third kappa shape index (κ3) is 11.3. The molecule has 16 heteroatoms. The lowest BCUT2D eigenvalue weighted by molar-refractivity contribution is -0.135. The SMILES string of the molecule is COc1ccc(S(=O)(=O)N(C[C@@H](O)[C@H](Cc2ccccc2)NC(=O)O[C@H]2CO[C@H]3OCC[C@H]32)CC(C)(C)CCCNC(=O)NCC(=O)O)cc1. The van der Waals surface area contributed by atoms with E-state index in [0.29, 0.717) is 31.6 Å². The van der Waals surface area contributed by atoms with Gasteiger partial charge in [0.25, 0.3) is 0 Å². The van der Waals surface area contributed by atoms with Crippen molar-refractivity contribution >= 4 is 28.1 Å². The fourth-order valence-electron chi connectivity index (χ4n) is 6.05. The van der Waals surface area contributed by atoms with Crippen LogP contribution in [0.1, 0.15) is 38.7 Å². The average molecular weight is 721 g/mol. The number of ether oxygens (including phenoxy) is 4. The first-order chi connectivity index (χ1) is 23.8. The Morgan fingerprint density at radius 2 is 1.78 bits per heavy atom. The van der Waals surface area contributed by atoms with Crippen molar-refractivity contribution in [2.75, 3.05) is 46.5 Å². The molecule has 0 spiro atoms. The van der Waals surface area contributed by atoms with E-state index in [1.807, 2.05) is 44.2 Å². The first kappa shape index (κ1) is 38.8. The van der Waals surface area contributed by atoms with E-state index in [9.17, 15) is 27.9 Å². The summed E-state index contributed by atoms with van der Waals surface area (Å²) in [5, 5.41) is 28.1. The van der Waals surface area contributed by atoms with Crippen LogP contribution in [0.2, 0.25) is 0 Å². The number of alkyl carbamates (subject to hydrolysis) is 1. The molecular weight excluding hydrogens is 672 g/mol. The fourth-order valence-corrected chi connectivity index (χ4v) is 7.69. The number of sulfonamides is 1. The summed E-state index contributed by atoms with van der Waals surface area (Å²) in [5.41, 5.74) is 0.178. The molecule has 0 aromatic heterocycles. The molecule has 276 valence electrons. The fraction of sp³-hybridized carbons (Fsp3) is 0.559. The summed E-state index contributed by atoms with van der Waals surface area (Å²) in [6, 6.07) is 13.6. The Labute approximate surface area is 292 Å². The van der Waals surface area contributed by atoms with Crippen molar-refractivity contribution < 1.29 is 52.0 Å². The van der Waals surface area contributed by atoms with Crippen LogP contribution < -0.4 is 20.7 Å². The smallest absolute Gasteiger partial charge is 0.407 e. The van der Waals surface area contributed by atoms with Crippen LogP contribution in [0, 0.1) is 11.3 Å². The van der Waals surface area contributed by atoms with Gasteiger partial charge in [0, 0.05) is 19.6 Å². The van der Waals surface area contributed by atoms with Gasteiger partial charge in [-0.05, 0) is 60.9 Å². The van der Waals surface area contributed by atoms with Gasteiger partial charge in [-0.25, -0.2) is 18.0 Å². The number of aliphatic hydroxyl groups excluding tert-OH is 1. The number of hydrogen-bond acceptors (Lipinski definition) is 10. The lowest BCUT2D eigenvalue weighted by Gasteiger charge is -2.35. The number of methoxy groups -OCH3 is 1. The first-order valence-corrected chi connectivity index (χ1v) is 18.0. The van der Waals surface area contributed by atoms with E-state index in [0.717, 1.165) is 5.56 Å². The molecule has 0 unspecified atom stereocenters. The zero-order chi connectivity index (χ0) is 36.3. The molecule has 0 saturated carbocycles. The number of benzene rings is 2. The van der Waals surface area contributed by atoms with Crippen LogP contribution in [0.15, 0.2) is 59.5 Å². The number of nitrogens with zero attached hydrogens (tertiary/aromatic N) is 1. The molecule has 50 heavy (non-hydrogen) atoms. The Morgan fingerprint density at radius 3 is 2.46 bits per heavy atom. The highest BCUT2D eigenvalue weighted by atomic mass is 32.2. The van der Waals surface area contributed by atoms with Crippen molar-refractivity contribution in [3.63, 3.8) is 0 Å². The van der Waals surface area contributed by atoms with Crippen LogP contribution >= 0.6 is 0 Å². The van der Waals surface area contributed by atoms with Crippen LogP contribution in [0.4, 0.5) is 9.59 Å². The first-order valence-electron chi connectivity index (χ1n) is 16.6. The maximum absolute atomic E-state index is 14.2. The van der Waals surface area contributed by atoms with Crippen LogP contribution in [0.25, 0.3) is 0 Å². The number of aliphatic carboxylic acids is 1. The molecule has 4 rings (SSSR count). The van der Waals surface area contributed by atoms with E-state index in [1.54, 1.807) is 0 Å². The van der Waals surface area contributed by atoms with E-state index >= 15 is 0 Å². The van der Waals surface area contributed by atoms with Crippen LogP contribution in [-0.2, 0) is 35.4 Å². The number of amides is 3. The summed E-state index contributed by atoms with van der Waals surface area (Å²) >= 11 is 0. The van der Waals surface area contributed by atoms with Gasteiger partial charge < -0.3 is 45.1 Å². The molecule has 0 aliphatic carbocycles. The number of carboxylic acid groups (broad SMARTS) is 1. The lowest BCUT2D eigenvalue weighted by atomic mass is 9.87. The molecule has 0 radical (unpaired) electrons. The Balaban J connectivity index is 1.50. The van der Waals surface area contributed by atoms with Crippen LogP contribution in [0.5, 0.6) is 5.75 Å². The minimum absolute atomic E-state index is 0.000355. The highest BCUT2D eigenvalue weighted by Crippen LogP contribution is 2.33. The van der Waals surface area contributed by atoms with Crippen molar-refractivity contribution in [3.8, 4) is 5.75 Å². The molecule has 3 amide bonds. The Hall–Kier alpha value is -3.96.